The topological polar surface area (TPSA) is 94.7 Å². The predicted octanol–water partition coefficient (Wildman–Crippen LogP) is 2.61. The Morgan fingerprint density at radius 2 is 1.93 bits per heavy atom. The summed E-state index contributed by atoms with van der Waals surface area (Å²) in [5.74, 6) is 5.71. The molecule has 1 amide bonds. The quantitative estimate of drug-likeness (QED) is 0.727. The summed E-state index contributed by atoms with van der Waals surface area (Å²) < 4.78 is 0. The molecule has 3 heterocycles. The molecule has 0 fully saturated rings. The van der Waals surface area contributed by atoms with Gasteiger partial charge in [-0.1, -0.05) is 18.8 Å². The van der Waals surface area contributed by atoms with E-state index in [-0.39, 0.29) is 0 Å². The van der Waals surface area contributed by atoms with Crippen LogP contribution in [-0.4, -0.2) is 25.8 Å². The van der Waals surface area contributed by atoms with E-state index in [1.165, 1.54) is 0 Å². The Bertz CT molecular complexity index is 1080. The van der Waals surface area contributed by atoms with Gasteiger partial charge in [0.15, 0.2) is 0 Å². The number of carbonyl (C=O) groups excluding carboxylic acids is 1. The van der Waals surface area contributed by atoms with Crippen molar-refractivity contribution in [2.75, 3.05) is 0 Å². The fourth-order valence-corrected chi connectivity index (χ4v) is 2.72. The number of aromatic nitrogens is 4. The molecule has 6 nitrogen and oxygen atoms in total. The highest BCUT2D eigenvalue weighted by Gasteiger charge is 2.11. The van der Waals surface area contributed by atoms with Crippen LogP contribution in [0.5, 0.6) is 0 Å². The second-order valence-corrected chi connectivity index (χ2v) is 6.05. The van der Waals surface area contributed by atoms with Crippen molar-refractivity contribution in [3.8, 4) is 23.1 Å². The molecule has 134 valence electrons. The molecule has 3 aromatic rings. The van der Waals surface area contributed by atoms with E-state index in [0.29, 0.717) is 16.8 Å². The van der Waals surface area contributed by atoms with Gasteiger partial charge in [-0.15, -0.1) is 0 Å². The number of amides is 1. The van der Waals surface area contributed by atoms with Gasteiger partial charge in [0.1, 0.15) is 6.33 Å². The lowest BCUT2D eigenvalue weighted by Crippen LogP contribution is -2.13. The molecule has 27 heavy (non-hydrogen) atoms. The maximum atomic E-state index is 11.5. The monoisotopic (exact) mass is 357 g/mol. The third-order valence-corrected chi connectivity index (χ3v) is 4.11. The number of nitrogens with zero attached hydrogens (tertiary/aromatic N) is 4. The van der Waals surface area contributed by atoms with Gasteiger partial charge < -0.3 is 5.73 Å². The standard InChI is InChI=1S/C21H19N5O/c1-4-19-17(6-5-15-10-18(21(22)27)14(3)24-11-15)20(26-12-25-19)16-7-8-23-13(2)9-16/h7-12H,4H2,1-3H3,(H2,22,27). The molecule has 3 rings (SSSR count). The molecular weight excluding hydrogens is 338 g/mol. The van der Waals surface area contributed by atoms with Crippen molar-refractivity contribution in [3.63, 3.8) is 0 Å². The van der Waals surface area contributed by atoms with Gasteiger partial charge in [0.25, 0.3) is 5.91 Å². The number of nitrogens with two attached hydrogens (primary N) is 1. The molecule has 3 aromatic heterocycles. The summed E-state index contributed by atoms with van der Waals surface area (Å²) >= 11 is 0. The first-order valence-electron chi connectivity index (χ1n) is 8.55. The van der Waals surface area contributed by atoms with E-state index in [1.54, 1.807) is 31.7 Å². The van der Waals surface area contributed by atoms with Crippen molar-refractivity contribution >= 4 is 5.91 Å². The molecule has 0 saturated heterocycles. The van der Waals surface area contributed by atoms with Crippen LogP contribution in [0.4, 0.5) is 0 Å². The number of pyridine rings is 2. The Labute approximate surface area is 157 Å². The van der Waals surface area contributed by atoms with E-state index in [2.05, 4.69) is 31.8 Å². The second kappa shape index (κ2) is 7.75. The highest BCUT2D eigenvalue weighted by Crippen LogP contribution is 2.23. The molecule has 0 aliphatic heterocycles. The summed E-state index contributed by atoms with van der Waals surface area (Å²) in [6.07, 6.45) is 5.65. The predicted molar refractivity (Wildman–Crippen MR) is 103 cm³/mol. The molecule has 0 spiro atoms. The normalized spacial score (nSPS) is 10.2. The fraction of sp³-hybridized carbons (Fsp3) is 0.190. The van der Waals surface area contributed by atoms with Crippen LogP contribution >= 0.6 is 0 Å². The van der Waals surface area contributed by atoms with Crippen molar-refractivity contribution in [3.05, 3.63) is 70.7 Å². The Kier molecular flexibility index (Phi) is 5.23. The number of hydrogen-bond acceptors (Lipinski definition) is 5. The van der Waals surface area contributed by atoms with Crippen LogP contribution in [-0.2, 0) is 6.42 Å². The van der Waals surface area contributed by atoms with Crippen LogP contribution in [0.2, 0.25) is 0 Å². The molecule has 0 saturated carbocycles. The van der Waals surface area contributed by atoms with E-state index < -0.39 is 5.91 Å². The van der Waals surface area contributed by atoms with E-state index in [0.717, 1.165) is 34.6 Å². The first kappa shape index (κ1) is 18.2. The van der Waals surface area contributed by atoms with Gasteiger partial charge in [-0.25, -0.2) is 9.97 Å². The maximum absolute atomic E-state index is 11.5. The van der Waals surface area contributed by atoms with Gasteiger partial charge in [-0.2, -0.15) is 0 Å². The Balaban J connectivity index is 2.12. The molecule has 0 unspecified atom stereocenters. The summed E-state index contributed by atoms with van der Waals surface area (Å²) in [7, 11) is 0. The summed E-state index contributed by atoms with van der Waals surface area (Å²) in [4.78, 5) is 28.8. The number of aryl methyl sites for hydroxylation is 3. The van der Waals surface area contributed by atoms with Gasteiger partial charge in [-0.3, -0.25) is 14.8 Å². The van der Waals surface area contributed by atoms with Gasteiger partial charge in [0.2, 0.25) is 0 Å². The molecule has 0 aliphatic carbocycles. The number of rotatable bonds is 3. The van der Waals surface area contributed by atoms with Crippen molar-refractivity contribution in [2.24, 2.45) is 5.73 Å². The molecule has 0 atom stereocenters. The van der Waals surface area contributed by atoms with Crippen LogP contribution in [0.25, 0.3) is 11.3 Å². The number of hydrogen-bond donors (Lipinski definition) is 1. The lowest BCUT2D eigenvalue weighted by molar-refractivity contribution is 0.0999. The summed E-state index contributed by atoms with van der Waals surface area (Å²) in [6, 6.07) is 5.52. The van der Waals surface area contributed by atoms with Gasteiger partial charge in [0, 0.05) is 29.2 Å². The Morgan fingerprint density at radius 3 is 2.63 bits per heavy atom. The minimum absolute atomic E-state index is 0.367. The third kappa shape index (κ3) is 3.98. The zero-order valence-corrected chi connectivity index (χ0v) is 15.4. The van der Waals surface area contributed by atoms with Crippen LogP contribution in [0, 0.1) is 25.7 Å². The number of primary amides is 1. The maximum Gasteiger partial charge on any atom is 0.250 e. The Hall–Kier alpha value is -3.59. The first-order valence-corrected chi connectivity index (χ1v) is 8.55. The zero-order valence-electron chi connectivity index (χ0n) is 15.4. The van der Waals surface area contributed by atoms with E-state index in [9.17, 15) is 4.79 Å². The minimum Gasteiger partial charge on any atom is -0.366 e. The average molecular weight is 357 g/mol. The lowest BCUT2D eigenvalue weighted by atomic mass is 10.0. The number of carbonyl (C=O) groups is 1. The SMILES string of the molecule is CCc1ncnc(-c2ccnc(C)c2)c1C#Cc1cnc(C)c(C(N)=O)c1. The Morgan fingerprint density at radius 1 is 1.11 bits per heavy atom. The average Bonchev–Trinajstić information content (AvgIpc) is 2.66. The molecule has 0 radical (unpaired) electrons. The highest BCUT2D eigenvalue weighted by atomic mass is 16.1. The van der Waals surface area contributed by atoms with E-state index in [1.807, 2.05) is 26.0 Å². The molecular formula is C21H19N5O. The third-order valence-electron chi connectivity index (χ3n) is 4.11. The summed E-state index contributed by atoms with van der Waals surface area (Å²) in [5, 5.41) is 0. The minimum atomic E-state index is -0.520. The first-order chi connectivity index (χ1) is 13.0. The fourth-order valence-electron chi connectivity index (χ4n) is 2.72. The van der Waals surface area contributed by atoms with Gasteiger partial charge >= 0.3 is 0 Å². The van der Waals surface area contributed by atoms with Crippen molar-refractivity contribution < 1.29 is 4.79 Å². The van der Waals surface area contributed by atoms with Gasteiger partial charge in [-0.05, 0) is 38.5 Å². The van der Waals surface area contributed by atoms with Gasteiger partial charge in [0.05, 0.1) is 28.2 Å². The largest absolute Gasteiger partial charge is 0.366 e. The van der Waals surface area contributed by atoms with E-state index >= 15 is 0 Å². The van der Waals surface area contributed by atoms with Crippen molar-refractivity contribution in [1.82, 2.24) is 19.9 Å². The molecule has 2 N–H and O–H groups in total. The van der Waals surface area contributed by atoms with Crippen LogP contribution in [0.15, 0.2) is 36.9 Å². The zero-order chi connectivity index (χ0) is 19.4. The molecule has 0 bridgehead atoms. The smallest absolute Gasteiger partial charge is 0.250 e. The molecule has 0 aromatic carbocycles. The highest BCUT2D eigenvalue weighted by molar-refractivity contribution is 5.94. The summed E-state index contributed by atoms with van der Waals surface area (Å²) in [5.41, 5.74) is 11.2. The molecule has 0 aliphatic rings. The molecule has 6 heteroatoms. The van der Waals surface area contributed by atoms with Crippen molar-refractivity contribution in [2.45, 2.75) is 27.2 Å². The van der Waals surface area contributed by atoms with Crippen LogP contribution < -0.4 is 5.73 Å². The van der Waals surface area contributed by atoms with Crippen LogP contribution in [0.3, 0.4) is 0 Å². The van der Waals surface area contributed by atoms with Crippen LogP contribution in [0.1, 0.15) is 45.5 Å². The lowest BCUT2D eigenvalue weighted by Gasteiger charge is -2.08. The summed E-state index contributed by atoms with van der Waals surface area (Å²) in [6.45, 7) is 5.69. The van der Waals surface area contributed by atoms with Crippen molar-refractivity contribution in [1.29, 1.82) is 0 Å². The van der Waals surface area contributed by atoms with E-state index in [4.69, 9.17) is 5.73 Å². The second-order valence-electron chi connectivity index (χ2n) is 6.05.